The Morgan fingerprint density at radius 3 is 2.60 bits per heavy atom. The minimum absolute atomic E-state index is 0.219. The number of nitrogens with one attached hydrogen (secondary N) is 1. The second kappa shape index (κ2) is 6.46. The lowest BCUT2D eigenvalue weighted by Crippen LogP contribution is -2.40. The number of nitrogens with two attached hydrogens (primary N) is 1. The molecule has 1 fully saturated rings. The summed E-state index contributed by atoms with van der Waals surface area (Å²) in [5, 5.41) is 3.54. The van der Waals surface area contributed by atoms with E-state index < -0.39 is 0 Å². The van der Waals surface area contributed by atoms with Crippen LogP contribution >= 0.6 is 0 Å². The van der Waals surface area contributed by atoms with Gasteiger partial charge in [-0.15, -0.1) is 0 Å². The van der Waals surface area contributed by atoms with Crippen molar-refractivity contribution >= 4 is 0 Å². The van der Waals surface area contributed by atoms with Gasteiger partial charge in [-0.3, -0.25) is 0 Å². The Hall–Kier alpha value is -0.120. The van der Waals surface area contributed by atoms with Gasteiger partial charge in [0.25, 0.3) is 0 Å². The van der Waals surface area contributed by atoms with E-state index in [0.717, 1.165) is 13.0 Å². The van der Waals surface area contributed by atoms with E-state index in [2.05, 4.69) is 12.2 Å². The highest BCUT2D eigenvalue weighted by Crippen LogP contribution is 2.42. The van der Waals surface area contributed by atoms with Gasteiger partial charge in [0, 0.05) is 20.2 Å². The molecule has 0 aromatic heterocycles. The maximum absolute atomic E-state index is 5.56. The van der Waals surface area contributed by atoms with E-state index in [1.165, 1.54) is 32.2 Å². The molecule has 1 unspecified atom stereocenters. The highest BCUT2D eigenvalue weighted by molar-refractivity contribution is 4.88. The van der Waals surface area contributed by atoms with Crippen LogP contribution in [0.3, 0.4) is 0 Å². The van der Waals surface area contributed by atoms with Crippen molar-refractivity contribution in [3.05, 3.63) is 0 Å². The van der Waals surface area contributed by atoms with Gasteiger partial charge < -0.3 is 15.8 Å². The molecule has 3 nitrogen and oxygen atoms in total. The monoisotopic (exact) mass is 214 g/mol. The topological polar surface area (TPSA) is 47.3 Å². The molecule has 0 aromatic rings. The Morgan fingerprint density at radius 1 is 1.47 bits per heavy atom. The Labute approximate surface area is 93.8 Å². The molecule has 1 rings (SSSR count). The molecule has 0 aromatic carbocycles. The van der Waals surface area contributed by atoms with Gasteiger partial charge >= 0.3 is 0 Å². The SMILES string of the molecule is CCC1(CNCCC(CN)OC)CCC1. The minimum Gasteiger partial charge on any atom is -0.380 e. The average molecular weight is 214 g/mol. The zero-order valence-electron chi connectivity index (χ0n) is 10.2. The standard InChI is InChI=1S/C12H26N2O/c1-3-12(6-4-7-12)10-14-8-5-11(9-13)15-2/h11,14H,3-10,13H2,1-2H3. The zero-order chi connectivity index (χ0) is 11.1. The van der Waals surface area contributed by atoms with Crippen molar-refractivity contribution in [2.24, 2.45) is 11.1 Å². The average Bonchev–Trinajstić information content (AvgIpc) is 2.22. The van der Waals surface area contributed by atoms with Crippen LogP contribution in [0.15, 0.2) is 0 Å². The second-order valence-corrected chi connectivity index (χ2v) is 4.77. The highest BCUT2D eigenvalue weighted by atomic mass is 16.5. The van der Waals surface area contributed by atoms with Crippen molar-refractivity contribution in [1.29, 1.82) is 0 Å². The summed E-state index contributed by atoms with van der Waals surface area (Å²) in [6, 6.07) is 0. The third-order valence-corrected chi connectivity index (χ3v) is 3.90. The minimum atomic E-state index is 0.219. The number of ether oxygens (including phenoxy) is 1. The van der Waals surface area contributed by atoms with Crippen molar-refractivity contribution in [2.45, 2.75) is 45.1 Å². The predicted molar refractivity (Wildman–Crippen MR) is 63.9 cm³/mol. The smallest absolute Gasteiger partial charge is 0.0705 e. The molecule has 15 heavy (non-hydrogen) atoms. The second-order valence-electron chi connectivity index (χ2n) is 4.77. The molecule has 0 saturated heterocycles. The molecule has 0 amide bonds. The summed E-state index contributed by atoms with van der Waals surface area (Å²) in [7, 11) is 1.73. The molecule has 0 aliphatic heterocycles. The van der Waals surface area contributed by atoms with E-state index in [4.69, 9.17) is 10.5 Å². The van der Waals surface area contributed by atoms with Crippen molar-refractivity contribution in [2.75, 3.05) is 26.7 Å². The predicted octanol–water partition coefficient (Wildman–Crippen LogP) is 1.52. The number of hydrogen-bond donors (Lipinski definition) is 2. The number of rotatable bonds is 8. The van der Waals surface area contributed by atoms with Gasteiger partial charge in [-0.25, -0.2) is 0 Å². The third kappa shape index (κ3) is 3.74. The summed E-state index contributed by atoms with van der Waals surface area (Å²) in [4.78, 5) is 0. The molecule has 0 bridgehead atoms. The highest BCUT2D eigenvalue weighted by Gasteiger charge is 2.34. The maximum Gasteiger partial charge on any atom is 0.0705 e. The summed E-state index contributed by atoms with van der Waals surface area (Å²) in [5.74, 6) is 0. The molecule has 3 N–H and O–H groups in total. The Balaban J connectivity index is 2.05. The summed E-state index contributed by atoms with van der Waals surface area (Å²) < 4.78 is 5.23. The van der Waals surface area contributed by atoms with Crippen LogP contribution in [0, 0.1) is 5.41 Å². The largest absolute Gasteiger partial charge is 0.380 e. The lowest BCUT2D eigenvalue weighted by Gasteiger charge is -2.41. The number of hydrogen-bond acceptors (Lipinski definition) is 3. The fourth-order valence-corrected chi connectivity index (χ4v) is 2.28. The van der Waals surface area contributed by atoms with Crippen LogP contribution in [-0.4, -0.2) is 32.8 Å². The van der Waals surface area contributed by atoms with Gasteiger partial charge in [0.15, 0.2) is 0 Å². The molecule has 1 atom stereocenters. The van der Waals surface area contributed by atoms with Crippen LogP contribution < -0.4 is 11.1 Å². The van der Waals surface area contributed by atoms with Crippen LogP contribution in [0.2, 0.25) is 0 Å². The van der Waals surface area contributed by atoms with Crippen molar-refractivity contribution < 1.29 is 4.74 Å². The Kier molecular flexibility index (Phi) is 5.58. The molecular formula is C12H26N2O. The molecule has 0 spiro atoms. The molecular weight excluding hydrogens is 188 g/mol. The fraction of sp³-hybridized carbons (Fsp3) is 1.00. The van der Waals surface area contributed by atoms with E-state index in [9.17, 15) is 0 Å². The van der Waals surface area contributed by atoms with Gasteiger partial charge in [-0.1, -0.05) is 13.3 Å². The third-order valence-electron chi connectivity index (χ3n) is 3.90. The van der Waals surface area contributed by atoms with Gasteiger partial charge in [0.05, 0.1) is 6.10 Å². The van der Waals surface area contributed by atoms with Crippen LogP contribution in [0.1, 0.15) is 39.0 Å². The van der Waals surface area contributed by atoms with E-state index in [1.807, 2.05) is 0 Å². The molecule has 1 aliphatic rings. The van der Waals surface area contributed by atoms with E-state index in [1.54, 1.807) is 7.11 Å². The Bertz CT molecular complexity index is 159. The zero-order valence-corrected chi connectivity index (χ0v) is 10.2. The van der Waals surface area contributed by atoms with Crippen molar-refractivity contribution in [3.63, 3.8) is 0 Å². The molecule has 3 heteroatoms. The van der Waals surface area contributed by atoms with Gasteiger partial charge in [0.2, 0.25) is 0 Å². The lowest BCUT2D eigenvalue weighted by molar-refractivity contribution is 0.0948. The van der Waals surface area contributed by atoms with Crippen LogP contribution in [0.4, 0.5) is 0 Å². The van der Waals surface area contributed by atoms with Gasteiger partial charge in [-0.2, -0.15) is 0 Å². The van der Waals surface area contributed by atoms with Gasteiger partial charge in [-0.05, 0) is 37.6 Å². The van der Waals surface area contributed by atoms with E-state index in [-0.39, 0.29) is 6.10 Å². The summed E-state index contributed by atoms with van der Waals surface area (Å²) in [6.45, 7) is 5.12. The van der Waals surface area contributed by atoms with Crippen molar-refractivity contribution in [3.8, 4) is 0 Å². The molecule has 0 heterocycles. The molecule has 90 valence electrons. The first-order chi connectivity index (χ1) is 7.26. The maximum atomic E-state index is 5.56. The summed E-state index contributed by atoms with van der Waals surface area (Å²) in [6.07, 6.45) is 6.77. The Morgan fingerprint density at radius 2 is 2.20 bits per heavy atom. The first-order valence-corrected chi connectivity index (χ1v) is 6.20. The first-order valence-electron chi connectivity index (χ1n) is 6.20. The fourth-order valence-electron chi connectivity index (χ4n) is 2.28. The van der Waals surface area contributed by atoms with Gasteiger partial charge in [0.1, 0.15) is 0 Å². The molecule has 1 aliphatic carbocycles. The number of methoxy groups -OCH3 is 1. The van der Waals surface area contributed by atoms with Crippen LogP contribution in [-0.2, 0) is 4.74 Å². The van der Waals surface area contributed by atoms with Crippen molar-refractivity contribution in [1.82, 2.24) is 5.32 Å². The van der Waals surface area contributed by atoms with E-state index in [0.29, 0.717) is 12.0 Å². The van der Waals surface area contributed by atoms with Crippen LogP contribution in [0.25, 0.3) is 0 Å². The lowest BCUT2D eigenvalue weighted by atomic mass is 9.67. The normalized spacial score (nSPS) is 21.0. The van der Waals surface area contributed by atoms with E-state index >= 15 is 0 Å². The quantitative estimate of drug-likeness (QED) is 0.602. The first kappa shape index (κ1) is 12.9. The molecule has 1 saturated carbocycles. The summed E-state index contributed by atoms with van der Waals surface area (Å²) in [5.41, 5.74) is 6.18. The van der Waals surface area contributed by atoms with Crippen LogP contribution in [0.5, 0.6) is 0 Å². The summed E-state index contributed by atoms with van der Waals surface area (Å²) >= 11 is 0. The molecule has 0 radical (unpaired) electrons.